The molecule has 1 aliphatic heterocycles. The Kier molecular flexibility index (Phi) is 5.70. The Morgan fingerprint density at radius 1 is 1.00 bits per heavy atom. The lowest BCUT2D eigenvalue weighted by Crippen LogP contribution is -2.49. The van der Waals surface area contributed by atoms with Crippen LogP contribution in [0.3, 0.4) is 0 Å². The van der Waals surface area contributed by atoms with Crippen LogP contribution >= 0.6 is 0 Å². The van der Waals surface area contributed by atoms with Gasteiger partial charge in [0.1, 0.15) is 29.8 Å². The molecule has 3 heterocycles. The molecule has 0 unspecified atom stereocenters. The quantitative estimate of drug-likeness (QED) is 0.468. The number of piperazine rings is 1. The Labute approximate surface area is 188 Å². The Balaban J connectivity index is 1.29. The lowest BCUT2D eigenvalue weighted by Gasteiger charge is -2.34. The molecule has 4 aromatic rings. The first-order chi connectivity index (χ1) is 16.1. The maximum atomic E-state index is 13.3. The summed E-state index contributed by atoms with van der Waals surface area (Å²) >= 11 is 0. The van der Waals surface area contributed by atoms with E-state index in [2.05, 4.69) is 27.2 Å². The minimum atomic E-state index is -0.420. The van der Waals surface area contributed by atoms with Gasteiger partial charge >= 0.3 is 0 Å². The van der Waals surface area contributed by atoms with Crippen LogP contribution in [0.4, 0.5) is 4.39 Å². The van der Waals surface area contributed by atoms with Crippen molar-refractivity contribution in [3.63, 3.8) is 0 Å². The number of fused-ring (bicyclic) bond motifs is 1. The van der Waals surface area contributed by atoms with E-state index >= 15 is 0 Å². The average Bonchev–Trinajstić information content (AvgIpc) is 3.27. The van der Waals surface area contributed by atoms with E-state index in [1.165, 1.54) is 40.7 Å². The summed E-state index contributed by atoms with van der Waals surface area (Å²) in [6, 6.07) is 15.8. The second-order valence-corrected chi connectivity index (χ2v) is 8.04. The molecule has 1 saturated heterocycles. The Morgan fingerprint density at radius 2 is 1.73 bits per heavy atom. The molecule has 9 heteroatoms. The number of halogens is 1. The van der Waals surface area contributed by atoms with Crippen molar-refractivity contribution in [2.75, 3.05) is 26.2 Å². The minimum absolute atomic E-state index is 0.0811. The van der Waals surface area contributed by atoms with E-state index in [1.54, 1.807) is 4.90 Å². The van der Waals surface area contributed by atoms with E-state index in [0.717, 1.165) is 19.6 Å². The highest BCUT2D eigenvalue weighted by Gasteiger charge is 2.23. The van der Waals surface area contributed by atoms with Gasteiger partial charge in [-0.3, -0.25) is 19.1 Å². The first-order valence-corrected chi connectivity index (χ1v) is 10.7. The summed E-state index contributed by atoms with van der Waals surface area (Å²) in [6.45, 7) is 3.48. The van der Waals surface area contributed by atoms with Gasteiger partial charge in [0, 0.05) is 38.3 Å². The highest BCUT2D eigenvalue weighted by atomic mass is 19.1. The standard InChI is InChI=1S/C24H22FN5O3/c25-19-8-6-18(7-9-19)22-21-23(33-27-22)26-16-30(24(21)32)15-20(31)29-12-10-28(11-13-29)14-17-4-2-1-3-5-17/h1-9,16H,10-15H2. The number of aromatic nitrogens is 3. The fourth-order valence-corrected chi connectivity index (χ4v) is 4.04. The molecule has 0 saturated carbocycles. The van der Waals surface area contributed by atoms with Crippen LogP contribution in [0.15, 0.2) is 70.2 Å². The van der Waals surface area contributed by atoms with Gasteiger partial charge in [0.05, 0.1) is 0 Å². The van der Waals surface area contributed by atoms with Gasteiger partial charge in [0.25, 0.3) is 11.3 Å². The van der Waals surface area contributed by atoms with Crippen molar-refractivity contribution in [2.24, 2.45) is 0 Å². The van der Waals surface area contributed by atoms with Gasteiger partial charge in [-0.15, -0.1) is 0 Å². The number of amides is 1. The van der Waals surface area contributed by atoms with Crippen molar-refractivity contribution in [3.8, 4) is 11.3 Å². The maximum Gasteiger partial charge on any atom is 0.267 e. The summed E-state index contributed by atoms with van der Waals surface area (Å²) in [7, 11) is 0. The molecule has 2 aromatic heterocycles. The smallest absolute Gasteiger partial charge is 0.267 e. The monoisotopic (exact) mass is 447 g/mol. The van der Waals surface area contributed by atoms with E-state index in [-0.39, 0.29) is 29.2 Å². The number of carbonyl (C=O) groups excluding carboxylic acids is 1. The Bertz CT molecular complexity index is 1330. The molecule has 0 aliphatic carbocycles. The molecule has 0 radical (unpaired) electrons. The average molecular weight is 447 g/mol. The molecule has 2 aromatic carbocycles. The normalized spacial score (nSPS) is 14.6. The third kappa shape index (κ3) is 4.40. The zero-order chi connectivity index (χ0) is 22.8. The molecule has 168 valence electrons. The number of hydrogen-bond acceptors (Lipinski definition) is 6. The molecule has 33 heavy (non-hydrogen) atoms. The van der Waals surface area contributed by atoms with Crippen LogP contribution in [-0.4, -0.2) is 56.6 Å². The topological polar surface area (TPSA) is 84.5 Å². The van der Waals surface area contributed by atoms with Crippen molar-refractivity contribution >= 4 is 17.0 Å². The number of rotatable bonds is 5. The molecule has 1 aliphatic rings. The highest BCUT2D eigenvalue weighted by Crippen LogP contribution is 2.24. The van der Waals surface area contributed by atoms with Crippen molar-refractivity contribution in [1.82, 2.24) is 24.5 Å². The summed E-state index contributed by atoms with van der Waals surface area (Å²) in [5.74, 6) is -0.533. The molecule has 8 nitrogen and oxygen atoms in total. The lowest BCUT2D eigenvalue weighted by molar-refractivity contribution is -0.133. The van der Waals surface area contributed by atoms with E-state index in [1.807, 2.05) is 18.2 Å². The number of carbonyl (C=O) groups is 1. The summed E-state index contributed by atoms with van der Waals surface area (Å²) in [5.41, 5.74) is 1.72. The number of nitrogens with zero attached hydrogens (tertiary/aromatic N) is 5. The SMILES string of the molecule is O=C(Cn1cnc2onc(-c3ccc(F)cc3)c2c1=O)N1CCN(Cc2ccccc2)CC1. The largest absolute Gasteiger partial charge is 0.339 e. The molecule has 0 spiro atoms. The van der Waals surface area contributed by atoms with Crippen LogP contribution in [0.25, 0.3) is 22.4 Å². The van der Waals surface area contributed by atoms with Gasteiger partial charge in [-0.05, 0) is 29.8 Å². The second kappa shape index (κ2) is 8.95. The predicted molar refractivity (Wildman–Crippen MR) is 120 cm³/mol. The lowest BCUT2D eigenvalue weighted by atomic mass is 10.1. The van der Waals surface area contributed by atoms with Crippen molar-refractivity contribution in [1.29, 1.82) is 0 Å². The van der Waals surface area contributed by atoms with Gasteiger partial charge in [0.2, 0.25) is 5.91 Å². The highest BCUT2D eigenvalue weighted by molar-refractivity contribution is 5.88. The molecule has 1 amide bonds. The molecule has 0 atom stereocenters. The minimum Gasteiger partial charge on any atom is -0.339 e. The van der Waals surface area contributed by atoms with E-state index in [9.17, 15) is 14.0 Å². The molecule has 0 N–H and O–H groups in total. The molecule has 5 rings (SSSR count). The Hall–Kier alpha value is -3.85. The number of benzene rings is 2. The Morgan fingerprint density at radius 3 is 2.45 bits per heavy atom. The van der Waals surface area contributed by atoms with E-state index < -0.39 is 11.4 Å². The van der Waals surface area contributed by atoms with Gasteiger partial charge in [0.15, 0.2) is 0 Å². The van der Waals surface area contributed by atoms with Crippen molar-refractivity contribution in [3.05, 3.63) is 82.7 Å². The molecular formula is C24H22FN5O3. The first-order valence-electron chi connectivity index (χ1n) is 10.7. The fourth-order valence-electron chi connectivity index (χ4n) is 4.04. The molecule has 0 bridgehead atoms. The van der Waals surface area contributed by atoms with Crippen LogP contribution < -0.4 is 5.56 Å². The van der Waals surface area contributed by atoms with E-state index in [0.29, 0.717) is 18.7 Å². The van der Waals surface area contributed by atoms with E-state index in [4.69, 9.17) is 4.52 Å². The van der Waals surface area contributed by atoms with Gasteiger partial charge < -0.3 is 9.42 Å². The van der Waals surface area contributed by atoms with Gasteiger partial charge in [-0.1, -0.05) is 35.5 Å². The van der Waals surface area contributed by atoms with Gasteiger partial charge in [-0.2, -0.15) is 0 Å². The second-order valence-electron chi connectivity index (χ2n) is 8.04. The van der Waals surface area contributed by atoms with Crippen LogP contribution in [0.1, 0.15) is 5.56 Å². The van der Waals surface area contributed by atoms with Crippen molar-refractivity contribution in [2.45, 2.75) is 13.1 Å². The van der Waals surface area contributed by atoms with Crippen molar-refractivity contribution < 1.29 is 13.7 Å². The van der Waals surface area contributed by atoms with Crippen LogP contribution in [-0.2, 0) is 17.9 Å². The zero-order valence-electron chi connectivity index (χ0n) is 17.9. The molecular weight excluding hydrogens is 425 g/mol. The van der Waals surface area contributed by atoms with Crippen LogP contribution in [0, 0.1) is 5.82 Å². The number of hydrogen-bond donors (Lipinski definition) is 0. The van der Waals surface area contributed by atoms with Gasteiger partial charge in [-0.25, -0.2) is 9.37 Å². The third-order valence-electron chi connectivity index (χ3n) is 5.86. The summed E-state index contributed by atoms with van der Waals surface area (Å²) in [5, 5.41) is 4.11. The summed E-state index contributed by atoms with van der Waals surface area (Å²) < 4.78 is 19.7. The maximum absolute atomic E-state index is 13.3. The summed E-state index contributed by atoms with van der Waals surface area (Å²) in [4.78, 5) is 34.2. The van der Waals surface area contributed by atoms with Crippen LogP contribution in [0.5, 0.6) is 0 Å². The molecule has 1 fully saturated rings. The van der Waals surface area contributed by atoms with Crippen LogP contribution in [0.2, 0.25) is 0 Å². The predicted octanol–water partition coefficient (Wildman–Crippen LogP) is 2.54. The zero-order valence-corrected chi connectivity index (χ0v) is 17.9. The summed E-state index contributed by atoms with van der Waals surface area (Å²) in [6.07, 6.45) is 1.30. The first kappa shape index (κ1) is 21.0. The fraction of sp³-hybridized carbons (Fsp3) is 0.250. The third-order valence-corrected chi connectivity index (χ3v) is 5.86.